The Hall–Kier alpha value is -2.90. The number of carbonyl (C=O) groups is 2. The summed E-state index contributed by atoms with van der Waals surface area (Å²) in [5, 5.41) is 6.55. The third-order valence-electron chi connectivity index (χ3n) is 4.16. The summed E-state index contributed by atoms with van der Waals surface area (Å²) in [6.45, 7) is 2.28. The van der Waals surface area contributed by atoms with E-state index in [1.54, 1.807) is 42.7 Å². The number of amides is 2. The van der Waals surface area contributed by atoms with Crippen molar-refractivity contribution in [2.24, 2.45) is 0 Å². The minimum atomic E-state index is -0.729. The van der Waals surface area contributed by atoms with Gasteiger partial charge < -0.3 is 15.4 Å². The van der Waals surface area contributed by atoms with E-state index in [1.165, 1.54) is 0 Å². The Morgan fingerprint density at radius 3 is 2.59 bits per heavy atom. The second kappa shape index (κ2) is 9.54. The fourth-order valence-corrected chi connectivity index (χ4v) is 3.90. The molecule has 2 aromatic carbocycles. The van der Waals surface area contributed by atoms with Crippen molar-refractivity contribution < 1.29 is 14.3 Å². The molecule has 0 aliphatic rings. The minimum Gasteiger partial charge on any atom is -0.497 e. The first-order valence-electron chi connectivity index (χ1n) is 8.91. The Bertz CT molecular complexity index is 1020. The molecule has 0 bridgehead atoms. The number of carbonyl (C=O) groups excluding carboxylic acids is 2. The van der Waals surface area contributed by atoms with Crippen LogP contribution in [0.2, 0.25) is 5.02 Å². The highest BCUT2D eigenvalue weighted by Gasteiger charge is 2.15. The third-order valence-corrected chi connectivity index (χ3v) is 5.66. The molecule has 0 aliphatic heterocycles. The van der Waals surface area contributed by atoms with Crippen LogP contribution >= 0.6 is 22.9 Å². The van der Waals surface area contributed by atoms with E-state index in [0.717, 1.165) is 26.9 Å². The SMILES string of the molecule is COc1ccc(-c2nc(C)c(CCNC(=O)C(=O)Nc3cccc(Cl)c3)s2)cc1. The zero-order valence-electron chi connectivity index (χ0n) is 16.0. The first kappa shape index (κ1) is 20.8. The molecule has 8 heteroatoms. The number of hydrogen-bond acceptors (Lipinski definition) is 5. The Morgan fingerprint density at radius 2 is 1.90 bits per heavy atom. The van der Waals surface area contributed by atoms with Crippen LogP contribution in [0.5, 0.6) is 5.75 Å². The number of halogens is 1. The number of nitrogens with one attached hydrogen (secondary N) is 2. The summed E-state index contributed by atoms with van der Waals surface area (Å²) in [5.74, 6) is -0.629. The van der Waals surface area contributed by atoms with Gasteiger partial charge in [0.05, 0.1) is 12.8 Å². The van der Waals surface area contributed by atoms with Crippen LogP contribution in [-0.2, 0) is 16.0 Å². The fourth-order valence-electron chi connectivity index (χ4n) is 2.64. The van der Waals surface area contributed by atoms with Gasteiger partial charge in [0.2, 0.25) is 0 Å². The van der Waals surface area contributed by atoms with Crippen molar-refractivity contribution in [1.29, 1.82) is 0 Å². The third kappa shape index (κ3) is 5.56. The molecule has 0 aliphatic carbocycles. The molecule has 3 aromatic rings. The van der Waals surface area contributed by atoms with E-state index >= 15 is 0 Å². The molecule has 29 heavy (non-hydrogen) atoms. The van der Waals surface area contributed by atoms with Crippen LogP contribution in [0.1, 0.15) is 10.6 Å². The van der Waals surface area contributed by atoms with Gasteiger partial charge in [0.25, 0.3) is 0 Å². The average Bonchev–Trinajstić information content (AvgIpc) is 3.08. The minimum absolute atomic E-state index is 0.340. The molecule has 0 spiro atoms. The number of ether oxygens (including phenoxy) is 1. The number of anilines is 1. The van der Waals surface area contributed by atoms with Crippen LogP contribution in [0.3, 0.4) is 0 Å². The molecule has 0 fully saturated rings. The number of rotatable bonds is 6. The summed E-state index contributed by atoms with van der Waals surface area (Å²) in [4.78, 5) is 29.7. The zero-order valence-corrected chi connectivity index (χ0v) is 17.6. The van der Waals surface area contributed by atoms with Gasteiger partial charge in [-0.1, -0.05) is 17.7 Å². The van der Waals surface area contributed by atoms with Gasteiger partial charge in [-0.25, -0.2) is 4.98 Å². The molecule has 0 saturated carbocycles. The van der Waals surface area contributed by atoms with E-state index in [0.29, 0.717) is 23.7 Å². The summed E-state index contributed by atoms with van der Waals surface area (Å²) in [6.07, 6.45) is 0.593. The van der Waals surface area contributed by atoms with Crippen LogP contribution in [-0.4, -0.2) is 30.5 Å². The number of hydrogen-bond donors (Lipinski definition) is 2. The molecule has 150 valence electrons. The van der Waals surface area contributed by atoms with Gasteiger partial charge in [0, 0.05) is 34.1 Å². The lowest BCUT2D eigenvalue weighted by Crippen LogP contribution is -2.36. The molecule has 6 nitrogen and oxygen atoms in total. The number of aryl methyl sites for hydroxylation is 1. The quantitative estimate of drug-likeness (QED) is 0.578. The van der Waals surface area contributed by atoms with E-state index in [9.17, 15) is 9.59 Å². The lowest BCUT2D eigenvalue weighted by Gasteiger charge is -2.06. The van der Waals surface area contributed by atoms with E-state index < -0.39 is 11.8 Å². The summed E-state index contributed by atoms with van der Waals surface area (Å²) in [6, 6.07) is 14.3. The normalized spacial score (nSPS) is 10.4. The second-order valence-electron chi connectivity index (χ2n) is 6.23. The Balaban J connectivity index is 1.54. The van der Waals surface area contributed by atoms with Gasteiger partial charge in [0.1, 0.15) is 10.8 Å². The Kier molecular flexibility index (Phi) is 6.85. The van der Waals surface area contributed by atoms with E-state index in [-0.39, 0.29) is 0 Å². The first-order chi connectivity index (χ1) is 14.0. The van der Waals surface area contributed by atoms with Crippen molar-refractivity contribution in [1.82, 2.24) is 10.3 Å². The molecule has 1 heterocycles. The molecular weight excluding hydrogens is 410 g/mol. The molecule has 0 saturated heterocycles. The number of methoxy groups -OCH3 is 1. The molecule has 0 atom stereocenters. The lowest BCUT2D eigenvalue weighted by molar-refractivity contribution is -0.136. The van der Waals surface area contributed by atoms with Gasteiger partial charge in [0.15, 0.2) is 0 Å². The van der Waals surface area contributed by atoms with Gasteiger partial charge in [-0.15, -0.1) is 11.3 Å². The van der Waals surface area contributed by atoms with Crippen LogP contribution in [0, 0.1) is 6.92 Å². The number of benzene rings is 2. The zero-order chi connectivity index (χ0) is 20.8. The maximum Gasteiger partial charge on any atom is 0.313 e. The fraction of sp³-hybridized carbons (Fsp3) is 0.190. The van der Waals surface area contributed by atoms with Gasteiger partial charge >= 0.3 is 11.8 Å². The van der Waals surface area contributed by atoms with Crippen molar-refractivity contribution >= 4 is 40.4 Å². The van der Waals surface area contributed by atoms with Gasteiger partial charge in [-0.2, -0.15) is 0 Å². The molecule has 2 amide bonds. The topological polar surface area (TPSA) is 80.3 Å². The van der Waals surface area contributed by atoms with E-state index in [2.05, 4.69) is 15.6 Å². The van der Waals surface area contributed by atoms with Gasteiger partial charge in [-0.3, -0.25) is 9.59 Å². The van der Waals surface area contributed by atoms with E-state index in [4.69, 9.17) is 16.3 Å². The summed E-state index contributed by atoms with van der Waals surface area (Å²) >= 11 is 7.44. The van der Waals surface area contributed by atoms with Crippen LogP contribution in [0.15, 0.2) is 48.5 Å². The summed E-state index contributed by atoms with van der Waals surface area (Å²) in [7, 11) is 1.63. The number of nitrogens with zero attached hydrogens (tertiary/aromatic N) is 1. The first-order valence-corrected chi connectivity index (χ1v) is 10.1. The van der Waals surface area contributed by atoms with Crippen LogP contribution < -0.4 is 15.4 Å². The molecule has 0 unspecified atom stereocenters. The smallest absolute Gasteiger partial charge is 0.313 e. The number of aromatic nitrogens is 1. The largest absolute Gasteiger partial charge is 0.497 e. The predicted molar refractivity (Wildman–Crippen MR) is 116 cm³/mol. The molecule has 0 radical (unpaired) electrons. The lowest BCUT2D eigenvalue weighted by atomic mass is 10.2. The maximum atomic E-state index is 12.0. The summed E-state index contributed by atoms with van der Waals surface area (Å²) in [5.41, 5.74) is 2.40. The molecule has 2 N–H and O–H groups in total. The molecule has 1 aromatic heterocycles. The van der Waals surface area contributed by atoms with E-state index in [1.807, 2.05) is 31.2 Å². The monoisotopic (exact) mass is 429 g/mol. The summed E-state index contributed by atoms with van der Waals surface area (Å²) < 4.78 is 5.18. The predicted octanol–water partition coefficient (Wildman–Crippen LogP) is 4.08. The van der Waals surface area contributed by atoms with Crippen molar-refractivity contribution in [2.45, 2.75) is 13.3 Å². The highest BCUT2D eigenvalue weighted by molar-refractivity contribution is 7.15. The van der Waals surface area contributed by atoms with Gasteiger partial charge in [-0.05, 0) is 49.4 Å². The highest BCUT2D eigenvalue weighted by atomic mass is 35.5. The maximum absolute atomic E-state index is 12.0. The average molecular weight is 430 g/mol. The Morgan fingerprint density at radius 1 is 1.14 bits per heavy atom. The van der Waals surface area contributed by atoms with Crippen molar-refractivity contribution in [3.63, 3.8) is 0 Å². The molecular formula is C21H20ClN3O3S. The van der Waals surface area contributed by atoms with Crippen molar-refractivity contribution in [3.8, 4) is 16.3 Å². The number of thiazole rings is 1. The highest BCUT2D eigenvalue weighted by Crippen LogP contribution is 2.29. The van der Waals surface area contributed by atoms with Crippen LogP contribution in [0.25, 0.3) is 10.6 Å². The van der Waals surface area contributed by atoms with Crippen molar-refractivity contribution in [2.75, 3.05) is 19.0 Å². The standard InChI is InChI=1S/C21H20ClN3O3S/c1-13-18(29-21(24-13)14-6-8-17(28-2)9-7-14)10-11-23-19(26)20(27)25-16-5-3-4-15(22)12-16/h3-9,12H,10-11H2,1-2H3,(H,23,26)(H,25,27). The Labute approximate surface area is 177 Å². The second-order valence-corrected chi connectivity index (χ2v) is 7.75. The van der Waals surface area contributed by atoms with Crippen LogP contribution in [0.4, 0.5) is 5.69 Å². The van der Waals surface area contributed by atoms with Crippen molar-refractivity contribution in [3.05, 3.63) is 64.1 Å². The molecule has 3 rings (SSSR count).